The van der Waals surface area contributed by atoms with Gasteiger partial charge in [-0.25, -0.2) is 0 Å². The fourth-order valence-corrected chi connectivity index (χ4v) is 2.42. The number of aliphatic hydroxyl groups is 1. The highest BCUT2D eigenvalue weighted by Gasteiger charge is 2.22. The molecule has 3 heteroatoms. The van der Waals surface area contributed by atoms with Crippen LogP contribution < -0.4 is 5.32 Å². The van der Waals surface area contributed by atoms with E-state index in [1.165, 1.54) is 0 Å². The zero-order valence-corrected chi connectivity index (χ0v) is 12.5. The van der Waals surface area contributed by atoms with Crippen molar-refractivity contribution in [3.05, 3.63) is 34.9 Å². The third-order valence-corrected chi connectivity index (χ3v) is 3.22. The van der Waals surface area contributed by atoms with E-state index in [2.05, 4.69) is 26.1 Å². The van der Waals surface area contributed by atoms with Gasteiger partial charge in [0, 0.05) is 17.6 Å². The molecule has 0 aromatic heterocycles. The maximum atomic E-state index is 10.2. The van der Waals surface area contributed by atoms with Crippen LogP contribution in [0.4, 0.5) is 0 Å². The lowest BCUT2D eigenvalue weighted by atomic mass is 9.94. The van der Waals surface area contributed by atoms with Crippen molar-refractivity contribution in [2.24, 2.45) is 5.92 Å². The van der Waals surface area contributed by atoms with Crippen LogP contribution in [0, 0.1) is 5.92 Å². The molecule has 2 atom stereocenters. The largest absolute Gasteiger partial charge is 0.389 e. The molecule has 0 aliphatic heterocycles. The minimum atomic E-state index is -0.666. The van der Waals surface area contributed by atoms with E-state index in [1.54, 1.807) is 0 Å². The number of halogens is 1. The van der Waals surface area contributed by atoms with Crippen molar-refractivity contribution < 1.29 is 5.11 Å². The Morgan fingerprint density at radius 3 is 2.56 bits per heavy atom. The van der Waals surface area contributed by atoms with Crippen LogP contribution in [0.1, 0.15) is 45.7 Å². The lowest BCUT2D eigenvalue weighted by Gasteiger charge is -2.27. The van der Waals surface area contributed by atoms with Crippen LogP contribution in [0.15, 0.2) is 24.3 Å². The van der Waals surface area contributed by atoms with Gasteiger partial charge in [0.05, 0.1) is 5.60 Å². The minimum Gasteiger partial charge on any atom is -0.389 e. The van der Waals surface area contributed by atoms with E-state index in [9.17, 15) is 5.11 Å². The van der Waals surface area contributed by atoms with Crippen LogP contribution in [0.25, 0.3) is 0 Å². The summed E-state index contributed by atoms with van der Waals surface area (Å²) in [6.07, 6.45) is 0.794. The van der Waals surface area contributed by atoms with Crippen molar-refractivity contribution in [1.29, 1.82) is 0 Å². The Bertz CT molecular complexity index is 377. The van der Waals surface area contributed by atoms with Crippen molar-refractivity contribution in [2.75, 3.05) is 6.54 Å². The highest BCUT2D eigenvalue weighted by Crippen LogP contribution is 2.20. The van der Waals surface area contributed by atoms with Gasteiger partial charge >= 0.3 is 0 Å². The predicted octanol–water partition coefficient (Wildman–Crippen LogP) is 3.79. The predicted molar refractivity (Wildman–Crippen MR) is 77.9 cm³/mol. The molecule has 2 nitrogen and oxygen atoms in total. The highest BCUT2D eigenvalue weighted by atomic mass is 35.5. The van der Waals surface area contributed by atoms with E-state index in [4.69, 9.17) is 11.6 Å². The molecule has 2 N–H and O–H groups in total. The van der Waals surface area contributed by atoms with Gasteiger partial charge in [0.1, 0.15) is 0 Å². The summed E-state index contributed by atoms with van der Waals surface area (Å²) in [7, 11) is 0. The Morgan fingerprint density at radius 1 is 1.33 bits per heavy atom. The van der Waals surface area contributed by atoms with Crippen LogP contribution in [0.2, 0.25) is 5.02 Å². The summed E-state index contributed by atoms with van der Waals surface area (Å²) < 4.78 is 0. The molecule has 0 aliphatic rings. The molecule has 1 aromatic carbocycles. The Kier molecular flexibility index (Phi) is 5.64. The number of rotatable bonds is 6. The molecule has 1 aromatic rings. The summed E-state index contributed by atoms with van der Waals surface area (Å²) in [6.45, 7) is 8.78. The number of nitrogens with one attached hydrogen (secondary N) is 1. The van der Waals surface area contributed by atoms with E-state index in [1.807, 2.05) is 31.2 Å². The molecule has 102 valence electrons. The molecular weight excluding hydrogens is 246 g/mol. The average molecular weight is 270 g/mol. The Hall–Kier alpha value is -0.570. The van der Waals surface area contributed by atoms with Gasteiger partial charge in [0.25, 0.3) is 0 Å². The molecule has 0 saturated carbocycles. The third-order valence-electron chi connectivity index (χ3n) is 2.99. The molecule has 0 saturated heterocycles. The highest BCUT2D eigenvalue weighted by molar-refractivity contribution is 6.30. The molecule has 0 aliphatic carbocycles. The first-order valence-electron chi connectivity index (χ1n) is 6.51. The lowest BCUT2D eigenvalue weighted by molar-refractivity contribution is 0.0363. The summed E-state index contributed by atoms with van der Waals surface area (Å²) in [5, 5.41) is 14.4. The Balaban J connectivity index is 2.53. The summed E-state index contributed by atoms with van der Waals surface area (Å²) in [4.78, 5) is 0. The van der Waals surface area contributed by atoms with Crippen molar-refractivity contribution in [3.8, 4) is 0 Å². The summed E-state index contributed by atoms with van der Waals surface area (Å²) in [5.41, 5.74) is 0.476. The van der Waals surface area contributed by atoms with E-state index in [0.717, 1.165) is 17.0 Å². The van der Waals surface area contributed by atoms with Crippen molar-refractivity contribution >= 4 is 11.6 Å². The monoisotopic (exact) mass is 269 g/mol. The molecule has 2 unspecified atom stereocenters. The second kappa shape index (κ2) is 6.55. The molecule has 0 radical (unpaired) electrons. The minimum absolute atomic E-state index is 0.183. The fraction of sp³-hybridized carbons (Fsp3) is 0.600. The topological polar surface area (TPSA) is 32.3 Å². The molecule has 0 heterocycles. The number of benzene rings is 1. The van der Waals surface area contributed by atoms with Gasteiger partial charge < -0.3 is 10.4 Å². The van der Waals surface area contributed by atoms with Gasteiger partial charge in [-0.15, -0.1) is 0 Å². The standard InChI is InChI=1S/C15H24ClNO/c1-11(2)9-15(4,18)10-17-12(3)13-6-5-7-14(16)8-13/h5-8,11-12,17-18H,9-10H2,1-4H3. The number of hydrogen-bond donors (Lipinski definition) is 2. The summed E-state index contributed by atoms with van der Waals surface area (Å²) in [6, 6.07) is 7.99. The van der Waals surface area contributed by atoms with E-state index in [0.29, 0.717) is 12.5 Å². The fourth-order valence-electron chi connectivity index (χ4n) is 2.22. The summed E-state index contributed by atoms with van der Waals surface area (Å²) >= 11 is 5.97. The van der Waals surface area contributed by atoms with Crippen LogP contribution in [-0.2, 0) is 0 Å². The van der Waals surface area contributed by atoms with Gasteiger partial charge in [-0.1, -0.05) is 37.6 Å². The number of hydrogen-bond acceptors (Lipinski definition) is 2. The zero-order valence-electron chi connectivity index (χ0n) is 11.7. The molecule has 0 fully saturated rings. The smallest absolute Gasteiger partial charge is 0.0746 e. The van der Waals surface area contributed by atoms with Gasteiger partial charge in [0.2, 0.25) is 0 Å². The van der Waals surface area contributed by atoms with E-state index in [-0.39, 0.29) is 6.04 Å². The molecule has 0 bridgehead atoms. The van der Waals surface area contributed by atoms with Gasteiger partial charge in [0.15, 0.2) is 0 Å². The Morgan fingerprint density at radius 2 is 2.00 bits per heavy atom. The van der Waals surface area contributed by atoms with E-state index < -0.39 is 5.60 Å². The second-order valence-corrected chi connectivity index (χ2v) is 6.19. The first-order valence-corrected chi connectivity index (χ1v) is 6.89. The molecule has 18 heavy (non-hydrogen) atoms. The molecule has 1 rings (SSSR count). The van der Waals surface area contributed by atoms with Gasteiger partial charge in [-0.3, -0.25) is 0 Å². The SMILES string of the molecule is CC(C)CC(C)(O)CNC(C)c1cccc(Cl)c1. The Labute approximate surface area is 115 Å². The van der Waals surface area contributed by atoms with Gasteiger partial charge in [-0.05, 0) is 43.9 Å². The quantitative estimate of drug-likeness (QED) is 0.824. The molecule has 0 amide bonds. The van der Waals surface area contributed by atoms with Gasteiger partial charge in [-0.2, -0.15) is 0 Å². The lowest BCUT2D eigenvalue weighted by Crippen LogP contribution is -2.39. The van der Waals surface area contributed by atoms with Crippen LogP contribution in [0.5, 0.6) is 0 Å². The van der Waals surface area contributed by atoms with Crippen molar-refractivity contribution in [1.82, 2.24) is 5.32 Å². The van der Waals surface area contributed by atoms with Crippen LogP contribution >= 0.6 is 11.6 Å². The second-order valence-electron chi connectivity index (χ2n) is 5.75. The van der Waals surface area contributed by atoms with Crippen molar-refractivity contribution in [3.63, 3.8) is 0 Å². The average Bonchev–Trinajstić information content (AvgIpc) is 2.24. The van der Waals surface area contributed by atoms with E-state index >= 15 is 0 Å². The molecular formula is C15H24ClNO. The normalized spacial score (nSPS) is 16.6. The maximum Gasteiger partial charge on any atom is 0.0746 e. The van der Waals surface area contributed by atoms with Crippen LogP contribution in [-0.4, -0.2) is 17.3 Å². The first-order chi connectivity index (χ1) is 8.30. The maximum absolute atomic E-state index is 10.2. The van der Waals surface area contributed by atoms with Crippen molar-refractivity contribution in [2.45, 2.75) is 45.8 Å². The third kappa shape index (κ3) is 5.38. The summed E-state index contributed by atoms with van der Waals surface area (Å²) in [5.74, 6) is 0.489. The van der Waals surface area contributed by atoms with Crippen LogP contribution in [0.3, 0.4) is 0 Å². The molecule has 0 spiro atoms. The first kappa shape index (κ1) is 15.5. The zero-order chi connectivity index (χ0) is 13.8.